The fourth-order valence-electron chi connectivity index (χ4n) is 2.72. The molecule has 0 radical (unpaired) electrons. The van der Waals surface area contributed by atoms with E-state index in [1.165, 1.54) is 17.2 Å². The smallest absolute Gasteiger partial charge is 0.268 e. The monoisotopic (exact) mass is 389 g/mol. The van der Waals surface area contributed by atoms with Crippen LogP contribution in [-0.4, -0.2) is 45.1 Å². The molecule has 0 aliphatic carbocycles. The van der Waals surface area contributed by atoms with Gasteiger partial charge in [0.25, 0.3) is 17.7 Å². The minimum Gasteiger partial charge on any atom is -0.414 e. The fourth-order valence-corrected chi connectivity index (χ4v) is 2.72. The maximum atomic E-state index is 13.9. The summed E-state index contributed by atoms with van der Waals surface area (Å²) in [5.74, 6) is -0.327. The molecule has 29 heavy (non-hydrogen) atoms. The highest BCUT2D eigenvalue weighted by atomic mass is 19.1. The second-order valence-corrected chi connectivity index (χ2v) is 6.46. The first kappa shape index (κ1) is 18.4. The first-order valence-corrected chi connectivity index (χ1v) is 8.76. The van der Waals surface area contributed by atoms with E-state index in [2.05, 4.69) is 20.2 Å². The normalized spacial score (nSPS) is 10.7. The van der Waals surface area contributed by atoms with Crippen LogP contribution in [0, 0.1) is 5.82 Å². The molecule has 4 aromatic rings. The molecular weight excluding hydrogens is 373 g/mol. The van der Waals surface area contributed by atoms with Crippen molar-refractivity contribution in [2.75, 3.05) is 14.1 Å². The van der Waals surface area contributed by atoms with Gasteiger partial charge in [-0.05, 0) is 24.3 Å². The highest BCUT2D eigenvalue weighted by molar-refractivity contribution is 5.94. The molecule has 0 fully saturated rings. The molecular formula is C21H16FN5O2. The Hall–Kier alpha value is -3.94. The van der Waals surface area contributed by atoms with E-state index in [4.69, 9.17) is 4.42 Å². The lowest BCUT2D eigenvalue weighted by Gasteiger charge is -2.10. The average molecular weight is 389 g/mol. The predicted octanol–water partition coefficient (Wildman–Crippen LogP) is 3.70. The summed E-state index contributed by atoms with van der Waals surface area (Å²) >= 11 is 0. The van der Waals surface area contributed by atoms with Crippen molar-refractivity contribution in [2.24, 2.45) is 0 Å². The standard InChI is InChI=1S/C21H16FN5O2/c1-27(2)21(28)14-9-7-13(8-10-14)17-11-23-12-18(24-17)20-26-25-19(29-20)15-5-3-4-6-16(15)22/h3-12H,1-2H3. The number of aromatic nitrogens is 4. The van der Waals surface area contributed by atoms with Gasteiger partial charge in [0.2, 0.25) is 0 Å². The number of hydrogen-bond donors (Lipinski definition) is 0. The summed E-state index contributed by atoms with van der Waals surface area (Å²) in [6.45, 7) is 0. The van der Waals surface area contributed by atoms with Gasteiger partial charge in [0.05, 0.1) is 23.7 Å². The van der Waals surface area contributed by atoms with E-state index in [0.717, 1.165) is 5.56 Å². The Kier molecular flexibility index (Phi) is 4.82. The van der Waals surface area contributed by atoms with Gasteiger partial charge in [-0.2, -0.15) is 0 Å². The van der Waals surface area contributed by atoms with E-state index < -0.39 is 5.82 Å². The summed E-state index contributed by atoms with van der Waals surface area (Å²) in [5.41, 5.74) is 2.53. The maximum Gasteiger partial charge on any atom is 0.268 e. The van der Waals surface area contributed by atoms with Crippen LogP contribution >= 0.6 is 0 Å². The van der Waals surface area contributed by atoms with E-state index in [1.807, 2.05) is 0 Å². The lowest BCUT2D eigenvalue weighted by Crippen LogP contribution is -2.21. The van der Waals surface area contributed by atoms with Crippen molar-refractivity contribution in [3.8, 4) is 34.3 Å². The summed E-state index contributed by atoms with van der Waals surface area (Å²) in [6, 6.07) is 13.2. The Balaban J connectivity index is 1.63. The Morgan fingerprint density at radius 1 is 0.931 bits per heavy atom. The first-order chi connectivity index (χ1) is 14.0. The SMILES string of the molecule is CN(C)C(=O)c1ccc(-c2cncc(-c3nnc(-c4ccccc4F)o3)n2)cc1. The molecule has 0 atom stereocenters. The zero-order chi connectivity index (χ0) is 20.4. The van der Waals surface area contributed by atoms with Crippen molar-refractivity contribution in [1.82, 2.24) is 25.1 Å². The first-order valence-electron chi connectivity index (χ1n) is 8.76. The molecule has 0 aliphatic rings. The third kappa shape index (κ3) is 3.73. The Labute approximate surface area is 165 Å². The van der Waals surface area contributed by atoms with Crippen LogP contribution in [0.25, 0.3) is 34.3 Å². The average Bonchev–Trinajstić information content (AvgIpc) is 3.24. The summed E-state index contributed by atoms with van der Waals surface area (Å²) in [6.07, 6.45) is 3.09. The van der Waals surface area contributed by atoms with E-state index in [0.29, 0.717) is 17.0 Å². The number of carbonyl (C=O) groups excluding carboxylic acids is 1. The molecule has 0 saturated carbocycles. The van der Waals surface area contributed by atoms with Gasteiger partial charge in [0.1, 0.15) is 11.5 Å². The third-order valence-electron chi connectivity index (χ3n) is 4.22. The van der Waals surface area contributed by atoms with Gasteiger partial charge in [0, 0.05) is 25.2 Å². The highest BCUT2D eigenvalue weighted by Gasteiger charge is 2.16. The van der Waals surface area contributed by atoms with Crippen molar-refractivity contribution in [2.45, 2.75) is 0 Å². The highest BCUT2D eigenvalue weighted by Crippen LogP contribution is 2.26. The van der Waals surface area contributed by atoms with Crippen LogP contribution in [0.3, 0.4) is 0 Å². The molecule has 0 saturated heterocycles. The topological polar surface area (TPSA) is 85.0 Å². The number of benzene rings is 2. The number of amides is 1. The van der Waals surface area contributed by atoms with Crippen LogP contribution in [0.15, 0.2) is 65.3 Å². The lowest BCUT2D eigenvalue weighted by atomic mass is 10.1. The number of nitrogens with zero attached hydrogens (tertiary/aromatic N) is 5. The molecule has 2 heterocycles. The molecule has 144 valence electrons. The number of rotatable bonds is 4. The Bertz CT molecular complexity index is 1170. The minimum absolute atomic E-state index is 0.0665. The summed E-state index contributed by atoms with van der Waals surface area (Å²) < 4.78 is 19.5. The molecule has 8 heteroatoms. The molecule has 0 bridgehead atoms. The fraction of sp³-hybridized carbons (Fsp3) is 0.0952. The minimum atomic E-state index is -0.449. The van der Waals surface area contributed by atoms with E-state index in [-0.39, 0.29) is 23.3 Å². The number of halogens is 1. The molecule has 0 spiro atoms. The van der Waals surface area contributed by atoms with Crippen LogP contribution < -0.4 is 0 Å². The van der Waals surface area contributed by atoms with Gasteiger partial charge in [-0.1, -0.05) is 24.3 Å². The number of carbonyl (C=O) groups is 1. The summed E-state index contributed by atoms with van der Waals surface area (Å²) in [5, 5.41) is 7.87. The van der Waals surface area contributed by atoms with E-state index in [1.54, 1.807) is 62.8 Å². The lowest BCUT2D eigenvalue weighted by molar-refractivity contribution is 0.0827. The van der Waals surface area contributed by atoms with Crippen molar-refractivity contribution in [3.05, 3.63) is 72.3 Å². The molecule has 2 aromatic carbocycles. The van der Waals surface area contributed by atoms with Crippen molar-refractivity contribution >= 4 is 5.91 Å². The summed E-state index contributed by atoms with van der Waals surface area (Å²) in [4.78, 5) is 22.2. The second-order valence-electron chi connectivity index (χ2n) is 6.46. The maximum absolute atomic E-state index is 13.9. The predicted molar refractivity (Wildman–Crippen MR) is 104 cm³/mol. The van der Waals surface area contributed by atoms with Gasteiger partial charge < -0.3 is 9.32 Å². The van der Waals surface area contributed by atoms with Gasteiger partial charge in [-0.15, -0.1) is 10.2 Å². The van der Waals surface area contributed by atoms with Crippen molar-refractivity contribution in [1.29, 1.82) is 0 Å². The van der Waals surface area contributed by atoms with Crippen LogP contribution in [0.5, 0.6) is 0 Å². The zero-order valence-corrected chi connectivity index (χ0v) is 15.7. The largest absolute Gasteiger partial charge is 0.414 e. The quantitative estimate of drug-likeness (QED) is 0.529. The van der Waals surface area contributed by atoms with E-state index in [9.17, 15) is 9.18 Å². The van der Waals surface area contributed by atoms with Gasteiger partial charge in [-0.3, -0.25) is 9.78 Å². The molecule has 0 aliphatic heterocycles. The molecule has 0 N–H and O–H groups in total. The van der Waals surface area contributed by atoms with Crippen molar-refractivity contribution in [3.63, 3.8) is 0 Å². The molecule has 7 nitrogen and oxygen atoms in total. The molecule has 0 unspecified atom stereocenters. The molecule has 2 aromatic heterocycles. The van der Waals surface area contributed by atoms with Crippen LogP contribution in [0.2, 0.25) is 0 Å². The van der Waals surface area contributed by atoms with Crippen molar-refractivity contribution < 1.29 is 13.6 Å². The Morgan fingerprint density at radius 2 is 1.62 bits per heavy atom. The van der Waals surface area contributed by atoms with Crippen LogP contribution in [0.4, 0.5) is 4.39 Å². The number of hydrogen-bond acceptors (Lipinski definition) is 6. The second kappa shape index (κ2) is 7.59. The van der Waals surface area contributed by atoms with Gasteiger partial charge in [0.15, 0.2) is 0 Å². The summed E-state index contributed by atoms with van der Waals surface area (Å²) in [7, 11) is 3.40. The third-order valence-corrected chi connectivity index (χ3v) is 4.22. The molecule has 4 rings (SSSR count). The van der Waals surface area contributed by atoms with E-state index >= 15 is 0 Å². The van der Waals surface area contributed by atoms with Gasteiger partial charge >= 0.3 is 0 Å². The van der Waals surface area contributed by atoms with Gasteiger partial charge in [-0.25, -0.2) is 9.37 Å². The zero-order valence-electron chi connectivity index (χ0n) is 15.7. The Morgan fingerprint density at radius 3 is 2.34 bits per heavy atom. The van der Waals surface area contributed by atoms with Crippen LogP contribution in [-0.2, 0) is 0 Å². The van der Waals surface area contributed by atoms with Crippen LogP contribution in [0.1, 0.15) is 10.4 Å². The molecule has 1 amide bonds.